The van der Waals surface area contributed by atoms with E-state index < -0.39 is 0 Å². The van der Waals surface area contributed by atoms with Crippen molar-refractivity contribution in [2.75, 3.05) is 12.3 Å². The van der Waals surface area contributed by atoms with E-state index in [4.69, 9.17) is 5.73 Å². The lowest BCUT2D eigenvalue weighted by atomic mass is 10.0. The fraction of sp³-hybridized carbons (Fsp3) is 0.556. The molecule has 76 valence electrons. The summed E-state index contributed by atoms with van der Waals surface area (Å²) in [5.74, 6) is 0.325. The highest BCUT2D eigenvalue weighted by molar-refractivity contribution is 5.80. The summed E-state index contributed by atoms with van der Waals surface area (Å²) in [5, 5.41) is 6.88. The van der Waals surface area contributed by atoms with Crippen LogP contribution in [-0.2, 0) is 11.3 Å². The Bertz CT molecular complexity index is 333. The van der Waals surface area contributed by atoms with Crippen LogP contribution in [0.4, 0.5) is 5.69 Å². The Labute approximate surface area is 82.3 Å². The predicted molar refractivity (Wildman–Crippen MR) is 52.4 cm³/mol. The molecule has 1 aliphatic heterocycles. The fourth-order valence-electron chi connectivity index (χ4n) is 1.71. The third-order valence-corrected chi connectivity index (χ3v) is 2.52. The quantitative estimate of drug-likeness (QED) is 0.711. The normalized spacial score (nSPS) is 21.1. The number of nitrogen functional groups attached to an aromatic ring is 1. The highest BCUT2D eigenvalue weighted by Crippen LogP contribution is 2.14. The van der Waals surface area contributed by atoms with Crippen LogP contribution >= 0.6 is 0 Å². The number of amides is 1. The van der Waals surface area contributed by atoms with E-state index >= 15 is 0 Å². The zero-order valence-corrected chi connectivity index (χ0v) is 7.94. The molecule has 5 nitrogen and oxygen atoms in total. The molecular formula is C9H14N4O. The number of anilines is 1. The van der Waals surface area contributed by atoms with Gasteiger partial charge in [-0.3, -0.25) is 9.48 Å². The largest absolute Gasteiger partial charge is 0.396 e. The van der Waals surface area contributed by atoms with Crippen LogP contribution in [0, 0.1) is 5.92 Å². The average Bonchev–Trinajstić information content (AvgIpc) is 2.72. The summed E-state index contributed by atoms with van der Waals surface area (Å²) in [5.41, 5.74) is 6.19. The molecule has 0 aliphatic carbocycles. The minimum atomic E-state index is 0.153. The molecule has 2 heterocycles. The number of hydrogen-bond donors (Lipinski definition) is 2. The lowest BCUT2D eigenvalue weighted by molar-refractivity contribution is -0.122. The van der Waals surface area contributed by atoms with Crippen LogP contribution in [0.15, 0.2) is 12.4 Å². The molecule has 5 heteroatoms. The zero-order chi connectivity index (χ0) is 9.97. The topological polar surface area (TPSA) is 72.9 Å². The van der Waals surface area contributed by atoms with E-state index in [9.17, 15) is 4.79 Å². The highest BCUT2D eigenvalue weighted by Gasteiger charge is 2.23. The van der Waals surface area contributed by atoms with Crippen LogP contribution in [0.25, 0.3) is 0 Å². The second kappa shape index (κ2) is 3.69. The number of nitrogens with two attached hydrogens (primary N) is 1. The Hall–Kier alpha value is -1.52. The van der Waals surface area contributed by atoms with Crippen LogP contribution in [0.5, 0.6) is 0 Å². The van der Waals surface area contributed by atoms with Crippen molar-refractivity contribution < 1.29 is 4.79 Å². The first-order valence-electron chi connectivity index (χ1n) is 4.81. The number of aromatic nitrogens is 2. The Morgan fingerprint density at radius 2 is 2.57 bits per heavy atom. The SMILES string of the molecule is Nc1cnn(CCC2CCNC2=O)c1. The second-order valence-corrected chi connectivity index (χ2v) is 3.60. The van der Waals surface area contributed by atoms with Gasteiger partial charge < -0.3 is 11.1 Å². The first-order valence-corrected chi connectivity index (χ1v) is 4.81. The lowest BCUT2D eigenvalue weighted by Gasteiger charge is -2.05. The second-order valence-electron chi connectivity index (χ2n) is 3.60. The third kappa shape index (κ3) is 1.86. The van der Waals surface area contributed by atoms with Gasteiger partial charge in [0.15, 0.2) is 0 Å². The first-order chi connectivity index (χ1) is 6.75. The summed E-state index contributed by atoms with van der Waals surface area (Å²) in [7, 11) is 0. The standard InChI is InChI=1S/C9H14N4O/c10-8-5-12-13(6-8)4-2-7-1-3-11-9(7)14/h5-7H,1-4,10H2,(H,11,14). The molecule has 0 radical (unpaired) electrons. The molecule has 1 amide bonds. The van der Waals surface area contributed by atoms with E-state index in [2.05, 4.69) is 10.4 Å². The molecule has 2 rings (SSSR count). The van der Waals surface area contributed by atoms with Crippen LogP contribution in [0.3, 0.4) is 0 Å². The third-order valence-electron chi connectivity index (χ3n) is 2.52. The van der Waals surface area contributed by atoms with Gasteiger partial charge in [0.25, 0.3) is 0 Å². The van der Waals surface area contributed by atoms with Gasteiger partial charge in [-0.15, -0.1) is 0 Å². The molecule has 3 N–H and O–H groups in total. The summed E-state index contributed by atoms with van der Waals surface area (Å²) in [6.45, 7) is 1.57. The molecule has 0 aromatic carbocycles. The van der Waals surface area contributed by atoms with Gasteiger partial charge in [0.1, 0.15) is 0 Å². The number of aryl methyl sites for hydroxylation is 1. The van der Waals surface area contributed by atoms with Crippen molar-refractivity contribution in [2.24, 2.45) is 5.92 Å². The number of hydrogen-bond acceptors (Lipinski definition) is 3. The Balaban J connectivity index is 1.85. The van der Waals surface area contributed by atoms with Crippen molar-refractivity contribution in [3.63, 3.8) is 0 Å². The van der Waals surface area contributed by atoms with E-state index in [1.807, 2.05) is 0 Å². The molecule has 1 unspecified atom stereocenters. The van der Waals surface area contributed by atoms with Crippen molar-refractivity contribution in [1.29, 1.82) is 0 Å². The molecule has 1 aromatic rings. The summed E-state index contributed by atoms with van der Waals surface area (Å²) in [4.78, 5) is 11.2. The van der Waals surface area contributed by atoms with Crippen LogP contribution in [0.2, 0.25) is 0 Å². The molecule has 1 aliphatic rings. The van der Waals surface area contributed by atoms with Crippen LogP contribution in [0.1, 0.15) is 12.8 Å². The van der Waals surface area contributed by atoms with Gasteiger partial charge in [0, 0.05) is 25.2 Å². The van der Waals surface area contributed by atoms with Gasteiger partial charge in [-0.05, 0) is 12.8 Å². The first kappa shape index (κ1) is 9.05. The maximum atomic E-state index is 11.2. The van der Waals surface area contributed by atoms with E-state index in [0.717, 1.165) is 25.9 Å². The monoisotopic (exact) mass is 194 g/mol. The summed E-state index contributed by atoms with van der Waals surface area (Å²) >= 11 is 0. The minimum absolute atomic E-state index is 0.153. The van der Waals surface area contributed by atoms with Crippen LogP contribution < -0.4 is 11.1 Å². The maximum absolute atomic E-state index is 11.2. The smallest absolute Gasteiger partial charge is 0.223 e. The summed E-state index contributed by atoms with van der Waals surface area (Å²) < 4.78 is 1.78. The Kier molecular flexibility index (Phi) is 2.39. The number of nitrogens with zero attached hydrogens (tertiary/aromatic N) is 2. The van der Waals surface area contributed by atoms with Crippen molar-refractivity contribution in [1.82, 2.24) is 15.1 Å². The minimum Gasteiger partial charge on any atom is -0.396 e. The van der Waals surface area contributed by atoms with E-state index in [1.165, 1.54) is 0 Å². The highest BCUT2D eigenvalue weighted by atomic mass is 16.2. The van der Waals surface area contributed by atoms with Crippen LogP contribution in [-0.4, -0.2) is 22.2 Å². The van der Waals surface area contributed by atoms with Crippen molar-refractivity contribution in [3.05, 3.63) is 12.4 Å². The molecule has 1 atom stereocenters. The molecule has 14 heavy (non-hydrogen) atoms. The average molecular weight is 194 g/mol. The molecule has 1 fully saturated rings. The predicted octanol–water partition coefficient (Wildman–Crippen LogP) is -0.00850. The Morgan fingerprint density at radius 3 is 3.14 bits per heavy atom. The number of rotatable bonds is 3. The van der Waals surface area contributed by atoms with Crippen molar-refractivity contribution in [2.45, 2.75) is 19.4 Å². The van der Waals surface area contributed by atoms with Crippen molar-refractivity contribution in [3.8, 4) is 0 Å². The van der Waals surface area contributed by atoms with E-state index in [0.29, 0.717) is 5.69 Å². The zero-order valence-electron chi connectivity index (χ0n) is 7.94. The van der Waals surface area contributed by atoms with Gasteiger partial charge >= 0.3 is 0 Å². The molecule has 0 spiro atoms. The fourth-order valence-corrected chi connectivity index (χ4v) is 1.71. The molecule has 0 saturated carbocycles. The number of nitrogens with one attached hydrogen (secondary N) is 1. The number of carbonyl (C=O) groups is 1. The van der Waals surface area contributed by atoms with Gasteiger partial charge in [0.2, 0.25) is 5.91 Å². The van der Waals surface area contributed by atoms with Gasteiger partial charge in [-0.25, -0.2) is 0 Å². The molecule has 0 bridgehead atoms. The lowest BCUT2D eigenvalue weighted by Crippen LogP contribution is -2.20. The Morgan fingerprint density at radius 1 is 1.71 bits per heavy atom. The van der Waals surface area contributed by atoms with Gasteiger partial charge in [-0.1, -0.05) is 0 Å². The van der Waals surface area contributed by atoms with Gasteiger partial charge in [0.05, 0.1) is 11.9 Å². The molecule has 1 saturated heterocycles. The maximum Gasteiger partial charge on any atom is 0.223 e. The van der Waals surface area contributed by atoms with E-state index in [-0.39, 0.29) is 11.8 Å². The van der Waals surface area contributed by atoms with Gasteiger partial charge in [-0.2, -0.15) is 5.10 Å². The summed E-state index contributed by atoms with van der Waals surface area (Å²) in [6.07, 6.45) is 5.18. The molecule has 1 aromatic heterocycles. The summed E-state index contributed by atoms with van der Waals surface area (Å²) in [6, 6.07) is 0. The van der Waals surface area contributed by atoms with E-state index in [1.54, 1.807) is 17.1 Å². The van der Waals surface area contributed by atoms with Crippen molar-refractivity contribution >= 4 is 11.6 Å². The number of carbonyl (C=O) groups excluding carboxylic acids is 1. The molecular weight excluding hydrogens is 180 g/mol.